The highest BCUT2D eigenvalue weighted by Crippen LogP contribution is 2.36. The molecule has 0 aliphatic carbocycles. The van der Waals surface area contributed by atoms with E-state index in [0.29, 0.717) is 59.3 Å². The Hall–Kier alpha value is 0.0800. The van der Waals surface area contributed by atoms with E-state index in [0.717, 1.165) is 6.29 Å². The van der Waals surface area contributed by atoms with Gasteiger partial charge in [-0.3, -0.25) is 0 Å². The quantitative estimate of drug-likeness (QED) is 0.247. The van der Waals surface area contributed by atoms with E-state index in [-0.39, 0.29) is 6.61 Å². The molecule has 0 heterocycles. The Morgan fingerprint density at radius 2 is 1.24 bits per heavy atom. The van der Waals surface area contributed by atoms with Crippen molar-refractivity contribution in [3.05, 3.63) is 0 Å². The molecule has 126 valence electrons. The summed E-state index contributed by atoms with van der Waals surface area (Å²) < 4.78 is 25.9. The molecule has 21 heavy (non-hydrogen) atoms. The van der Waals surface area contributed by atoms with Crippen molar-refractivity contribution in [3.63, 3.8) is 0 Å². The zero-order valence-electron chi connectivity index (χ0n) is 12.4. The summed E-state index contributed by atoms with van der Waals surface area (Å²) in [5.74, 6) is 0. The van der Waals surface area contributed by atoms with Gasteiger partial charge in [-0.15, -0.1) is 0 Å². The molecule has 0 fully saturated rings. The second-order valence-corrected chi connectivity index (χ2v) is 7.94. The van der Waals surface area contributed by atoms with Crippen molar-refractivity contribution >= 4 is 24.6 Å². The van der Waals surface area contributed by atoms with Gasteiger partial charge in [0.25, 0.3) is 0 Å². The molecule has 0 rings (SSSR count). The number of hydrogen-bond acceptors (Lipinski definition) is 7. The Bertz CT molecular complexity index is 285. The Morgan fingerprint density at radius 3 is 1.62 bits per heavy atom. The molecule has 0 amide bonds. The standard InChI is InChI=1S/C12H25O7PS/c1-20(14,21)19-12-11-18-10-9-17-8-7-16-6-5-15-4-2-3-13/h3H,2,4-12H2,1H3,(H,14,21). The van der Waals surface area contributed by atoms with Gasteiger partial charge in [-0.05, 0) is 11.8 Å². The molecule has 0 aromatic heterocycles. The fourth-order valence-corrected chi connectivity index (χ4v) is 1.80. The largest absolute Gasteiger partial charge is 0.379 e. The van der Waals surface area contributed by atoms with Crippen molar-refractivity contribution in [2.24, 2.45) is 0 Å². The lowest BCUT2D eigenvalue weighted by atomic mass is 10.5. The van der Waals surface area contributed by atoms with Gasteiger partial charge in [-0.25, -0.2) is 0 Å². The van der Waals surface area contributed by atoms with E-state index in [9.17, 15) is 9.69 Å². The molecule has 9 heteroatoms. The van der Waals surface area contributed by atoms with E-state index >= 15 is 0 Å². The predicted octanol–water partition coefficient (Wildman–Crippen LogP) is 0.590. The minimum atomic E-state index is -2.57. The SMILES string of the molecule is CP(O)(=S)OCCOCCOCCOCCOCCC=O. The molecule has 0 spiro atoms. The zero-order valence-corrected chi connectivity index (χ0v) is 14.1. The third-order valence-corrected chi connectivity index (χ3v) is 3.03. The molecule has 0 saturated carbocycles. The number of hydrogen-bond donors (Lipinski definition) is 1. The van der Waals surface area contributed by atoms with Crippen LogP contribution < -0.4 is 0 Å². The number of carbonyl (C=O) groups excluding carboxylic acids is 1. The highest BCUT2D eigenvalue weighted by molar-refractivity contribution is 8.09. The maximum atomic E-state index is 10.0. The Morgan fingerprint density at radius 1 is 0.857 bits per heavy atom. The van der Waals surface area contributed by atoms with Gasteiger partial charge in [-0.1, -0.05) is 0 Å². The summed E-state index contributed by atoms with van der Waals surface area (Å²) in [5, 5.41) is 0. The molecule has 1 unspecified atom stereocenters. The molecule has 0 aromatic carbocycles. The van der Waals surface area contributed by atoms with Crippen molar-refractivity contribution in [1.82, 2.24) is 0 Å². The van der Waals surface area contributed by atoms with E-state index in [1.54, 1.807) is 0 Å². The van der Waals surface area contributed by atoms with Crippen LogP contribution in [0.15, 0.2) is 0 Å². The highest BCUT2D eigenvalue weighted by Gasteiger charge is 2.03. The summed E-state index contributed by atoms with van der Waals surface area (Å²) in [4.78, 5) is 19.2. The molecule has 0 aliphatic rings. The monoisotopic (exact) mass is 344 g/mol. The first-order valence-corrected chi connectivity index (χ1v) is 9.87. The van der Waals surface area contributed by atoms with Crippen molar-refractivity contribution in [2.75, 3.05) is 66.1 Å². The highest BCUT2D eigenvalue weighted by atomic mass is 32.5. The van der Waals surface area contributed by atoms with Gasteiger partial charge >= 0.3 is 0 Å². The Labute approximate surface area is 131 Å². The van der Waals surface area contributed by atoms with Gasteiger partial charge in [0.15, 0.2) is 6.49 Å². The van der Waals surface area contributed by atoms with Crippen molar-refractivity contribution < 1.29 is 33.2 Å². The van der Waals surface area contributed by atoms with Crippen LogP contribution in [0.25, 0.3) is 0 Å². The van der Waals surface area contributed by atoms with E-state index in [1.165, 1.54) is 6.66 Å². The molecule has 0 radical (unpaired) electrons. The van der Waals surface area contributed by atoms with Crippen molar-refractivity contribution in [3.8, 4) is 0 Å². The number of ether oxygens (including phenoxy) is 4. The molecular weight excluding hydrogens is 319 g/mol. The second kappa shape index (κ2) is 15.0. The molecular formula is C12H25O7PS. The average molecular weight is 344 g/mol. The summed E-state index contributed by atoms with van der Waals surface area (Å²) in [6, 6.07) is 0. The van der Waals surface area contributed by atoms with Gasteiger partial charge in [0.2, 0.25) is 0 Å². The van der Waals surface area contributed by atoms with Crippen LogP contribution in [-0.2, 0) is 40.1 Å². The normalized spacial score (nSPS) is 14.0. The van der Waals surface area contributed by atoms with Crippen LogP contribution in [0.4, 0.5) is 0 Å². The Balaban J connectivity index is 3.03. The lowest BCUT2D eigenvalue weighted by Gasteiger charge is -2.10. The minimum absolute atomic E-state index is 0.289. The molecule has 1 N–H and O–H groups in total. The zero-order chi connectivity index (χ0) is 15.8. The van der Waals surface area contributed by atoms with E-state index < -0.39 is 6.49 Å². The van der Waals surface area contributed by atoms with Crippen LogP contribution in [0, 0.1) is 0 Å². The molecule has 0 saturated heterocycles. The third kappa shape index (κ3) is 20.1. The summed E-state index contributed by atoms with van der Waals surface area (Å²) in [5.41, 5.74) is 0. The Kier molecular flexibility index (Phi) is 15.1. The van der Waals surface area contributed by atoms with Crippen LogP contribution >= 0.6 is 6.49 Å². The molecule has 0 bridgehead atoms. The molecule has 7 nitrogen and oxygen atoms in total. The maximum absolute atomic E-state index is 10.0. The van der Waals surface area contributed by atoms with Crippen LogP contribution in [0.1, 0.15) is 6.42 Å². The van der Waals surface area contributed by atoms with Crippen molar-refractivity contribution in [1.29, 1.82) is 0 Å². The average Bonchev–Trinajstić information content (AvgIpc) is 2.42. The lowest BCUT2D eigenvalue weighted by molar-refractivity contribution is -0.108. The second-order valence-electron chi connectivity index (χ2n) is 4.04. The van der Waals surface area contributed by atoms with Crippen molar-refractivity contribution in [2.45, 2.75) is 6.42 Å². The summed E-state index contributed by atoms with van der Waals surface area (Å²) >= 11 is 4.71. The molecule has 1 atom stereocenters. The fourth-order valence-electron chi connectivity index (χ4n) is 1.16. The fraction of sp³-hybridized carbons (Fsp3) is 0.917. The first kappa shape index (κ1) is 21.1. The summed E-state index contributed by atoms with van der Waals surface area (Å²) in [6.45, 7) is 2.90. The lowest BCUT2D eigenvalue weighted by Crippen LogP contribution is -2.13. The number of aldehydes is 1. The summed E-state index contributed by atoms with van der Waals surface area (Å²) in [7, 11) is 0. The van der Waals surface area contributed by atoms with Gasteiger partial charge < -0.3 is 33.2 Å². The summed E-state index contributed by atoms with van der Waals surface area (Å²) in [6.07, 6.45) is 1.24. The molecule has 0 aliphatic heterocycles. The van der Waals surface area contributed by atoms with Gasteiger partial charge in [-0.2, -0.15) is 0 Å². The predicted molar refractivity (Wildman–Crippen MR) is 82.3 cm³/mol. The minimum Gasteiger partial charge on any atom is -0.379 e. The van der Waals surface area contributed by atoms with Crippen LogP contribution in [0.3, 0.4) is 0 Å². The van der Waals surface area contributed by atoms with Gasteiger partial charge in [0.1, 0.15) is 6.29 Å². The van der Waals surface area contributed by atoms with E-state index in [4.69, 9.17) is 35.3 Å². The first-order valence-electron chi connectivity index (χ1n) is 6.75. The van der Waals surface area contributed by atoms with Gasteiger partial charge in [0.05, 0.1) is 59.5 Å². The molecule has 0 aromatic rings. The number of rotatable bonds is 16. The number of carbonyl (C=O) groups is 1. The third-order valence-electron chi connectivity index (χ3n) is 2.05. The first-order chi connectivity index (χ1) is 10.1. The van der Waals surface area contributed by atoms with E-state index in [1.807, 2.05) is 0 Å². The topological polar surface area (TPSA) is 83.5 Å². The van der Waals surface area contributed by atoms with Crippen LogP contribution in [0.2, 0.25) is 0 Å². The smallest absolute Gasteiger partial charge is 0.183 e. The van der Waals surface area contributed by atoms with Crippen LogP contribution in [-0.4, -0.2) is 77.3 Å². The van der Waals surface area contributed by atoms with E-state index in [2.05, 4.69) is 0 Å². The van der Waals surface area contributed by atoms with Crippen LogP contribution in [0.5, 0.6) is 0 Å². The maximum Gasteiger partial charge on any atom is 0.183 e. The van der Waals surface area contributed by atoms with Gasteiger partial charge in [0, 0.05) is 13.1 Å².